The number of hydrogen-bond acceptors (Lipinski definition) is 2. The first-order valence-corrected chi connectivity index (χ1v) is 9.13. The fraction of sp³-hybridized carbons (Fsp3) is 1.00. The molecule has 1 heterocycles. The van der Waals surface area contributed by atoms with Crippen molar-refractivity contribution in [1.29, 1.82) is 0 Å². The van der Waals surface area contributed by atoms with Crippen LogP contribution in [0.3, 0.4) is 0 Å². The van der Waals surface area contributed by atoms with Gasteiger partial charge < -0.3 is 9.80 Å². The van der Waals surface area contributed by atoms with Gasteiger partial charge in [0.1, 0.15) is 0 Å². The summed E-state index contributed by atoms with van der Waals surface area (Å²) in [4.78, 5) is 5.13. The van der Waals surface area contributed by atoms with Gasteiger partial charge in [0, 0.05) is 24.5 Å². The minimum absolute atomic E-state index is 0.480. The van der Waals surface area contributed by atoms with Crippen LogP contribution in [-0.2, 0) is 0 Å². The van der Waals surface area contributed by atoms with E-state index in [4.69, 9.17) is 0 Å². The van der Waals surface area contributed by atoms with Gasteiger partial charge >= 0.3 is 0 Å². The van der Waals surface area contributed by atoms with Gasteiger partial charge in [0.25, 0.3) is 0 Å². The zero-order chi connectivity index (χ0) is 14.3. The standard InChI is InChI=1S/C16H33BrN2/c1-5-9-16(13-17,10-6-2)14-19(4)15-8-7-11-18(3)12-15/h15H,5-14H2,1-4H3. The van der Waals surface area contributed by atoms with E-state index in [-0.39, 0.29) is 0 Å². The maximum Gasteiger partial charge on any atom is 0.0220 e. The monoisotopic (exact) mass is 332 g/mol. The van der Waals surface area contributed by atoms with Crippen LogP contribution in [0.15, 0.2) is 0 Å². The summed E-state index contributed by atoms with van der Waals surface area (Å²) in [7, 11) is 4.60. The summed E-state index contributed by atoms with van der Waals surface area (Å²) < 4.78 is 0. The van der Waals surface area contributed by atoms with Crippen LogP contribution < -0.4 is 0 Å². The second-order valence-corrected chi connectivity index (χ2v) is 7.17. The smallest absolute Gasteiger partial charge is 0.0220 e. The number of likely N-dealkylation sites (tertiary alicyclic amines) is 1. The third-order valence-electron chi connectivity index (χ3n) is 4.65. The molecule has 0 aromatic heterocycles. The molecular formula is C16H33BrN2. The molecule has 0 saturated carbocycles. The van der Waals surface area contributed by atoms with Gasteiger partial charge in [0.2, 0.25) is 0 Å². The summed E-state index contributed by atoms with van der Waals surface area (Å²) in [5.74, 6) is 0. The van der Waals surface area contributed by atoms with Gasteiger partial charge in [-0.2, -0.15) is 0 Å². The second kappa shape index (κ2) is 8.63. The van der Waals surface area contributed by atoms with Crippen LogP contribution in [0.2, 0.25) is 0 Å². The molecule has 0 aromatic rings. The first-order valence-electron chi connectivity index (χ1n) is 8.01. The predicted octanol–water partition coefficient (Wildman–Crippen LogP) is 3.99. The number of piperidine rings is 1. The first kappa shape index (κ1) is 17.5. The van der Waals surface area contributed by atoms with Crippen LogP contribution in [0.4, 0.5) is 0 Å². The minimum atomic E-state index is 0.480. The molecule has 0 aromatic carbocycles. The van der Waals surface area contributed by atoms with Crippen LogP contribution in [0.5, 0.6) is 0 Å². The maximum absolute atomic E-state index is 3.80. The zero-order valence-corrected chi connectivity index (χ0v) is 15.0. The Morgan fingerprint density at radius 3 is 2.37 bits per heavy atom. The van der Waals surface area contributed by atoms with Crippen LogP contribution in [0.25, 0.3) is 0 Å². The van der Waals surface area contributed by atoms with Gasteiger partial charge in [-0.3, -0.25) is 0 Å². The lowest BCUT2D eigenvalue weighted by Gasteiger charge is -2.42. The van der Waals surface area contributed by atoms with Crippen molar-refractivity contribution in [2.24, 2.45) is 5.41 Å². The zero-order valence-electron chi connectivity index (χ0n) is 13.4. The second-order valence-electron chi connectivity index (χ2n) is 6.61. The van der Waals surface area contributed by atoms with Crippen molar-refractivity contribution in [1.82, 2.24) is 9.80 Å². The summed E-state index contributed by atoms with van der Waals surface area (Å²) in [5, 5.41) is 1.15. The highest BCUT2D eigenvalue weighted by molar-refractivity contribution is 9.09. The third-order valence-corrected chi connectivity index (χ3v) is 5.84. The summed E-state index contributed by atoms with van der Waals surface area (Å²) in [6, 6.07) is 0.755. The number of hydrogen-bond donors (Lipinski definition) is 0. The molecule has 114 valence electrons. The SMILES string of the molecule is CCCC(CBr)(CCC)CN(C)C1CCCN(C)C1. The highest BCUT2D eigenvalue weighted by Gasteiger charge is 2.31. The van der Waals surface area contributed by atoms with Crippen molar-refractivity contribution < 1.29 is 0 Å². The molecule has 0 aliphatic carbocycles. The molecule has 1 rings (SSSR count). The van der Waals surface area contributed by atoms with Crippen molar-refractivity contribution in [3.05, 3.63) is 0 Å². The number of halogens is 1. The summed E-state index contributed by atoms with van der Waals surface area (Å²) >= 11 is 3.80. The molecule has 0 radical (unpaired) electrons. The topological polar surface area (TPSA) is 6.48 Å². The maximum atomic E-state index is 3.80. The number of likely N-dealkylation sites (N-methyl/N-ethyl adjacent to an activating group) is 2. The predicted molar refractivity (Wildman–Crippen MR) is 89.2 cm³/mol. The molecule has 19 heavy (non-hydrogen) atoms. The Kier molecular flexibility index (Phi) is 7.93. The Labute approximate surface area is 129 Å². The Morgan fingerprint density at radius 2 is 1.89 bits per heavy atom. The van der Waals surface area contributed by atoms with Gasteiger partial charge in [0.15, 0.2) is 0 Å². The molecule has 0 spiro atoms. The van der Waals surface area contributed by atoms with Crippen LogP contribution in [0.1, 0.15) is 52.4 Å². The Balaban J connectivity index is 2.60. The molecular weight excluding hydrogens is 300 g/mol. The lowest BCUT2D eigenvalue weighted by Crippen LogP contribution is -2.49. The Bertz CT molecular complexity index is 239. The molecule has 0 N–H and O–H groups in total. The van der Waals surface area contributed by atoms with Gasteiger partial charge in [-0.25, -0.2) is 0 Å². The molecule has 1 aliphatic heterocycles. The third kappa shape index (κ3) is 5.35. The lowest BCUT2D eigenvalue weighted by molar-refractivity contribution is 0.0866. The van der Waals surface area contributed by atoms with E-state index in [1.54, 1.807) is 0 Å². The normalized spacial score (nSPS) is 22.1. The molecule has 1 unspecified atom stereocenters. The van der Waals surface area contributed by atoms with Gasteiger partial charge in [-0.1, -0.05) is 42.6 Å². The van der Waals surface area contributed by atoms with Crippen LogP contribution in [-0.4, -0.2) is 54.9 Å². The van der Waals surface area contributed by atoms with E-state index in [2.05, 4.69) is 53.7 Å². The molecule has 0 bridgehead atoms. The van der Waals surface area contributed by atoms with Crippen molar-refractivity contribution in [2.75, 3.05) is 39.1 Å². The van der Waals surface area contributed by atoms with Gasteiger partial charge in [-0.15, -0.1) is 0 Å². The van der Waals surface area contributed by atoms with E-state index in [1.165, 1.54) is 58.2 Å². The highest BCUT2D eigenvalue weighted by atomic mass is 79.9. The summed E-state index contributed by atoms with van der Waals surface area (Å²) in [6.07, 6.45) is 8.01. The average molecular weight is 333 g/mol. The molecule has 1 atom stereocenters. The van der Waals surface area contributed by atoms with E-state index < -0.39 is 0 Å². The largest absolute Gasteiger partial charge is 0.305 e. The van der Waals surface area contributed by atoms with Gasteiger partial charge in [-0.05, 0) is 51.7 Å². The van der Waals surface area contributed by atoms with Crippen molar-refractivity contribution >= 4 is 15.9 Å². The number of rotatable bonds is 8. The fourth-order valence-electron chi connectivity index (χ4n) is 3.68. The van der Waals surface area contributed by atoms with Gasteiger partial charge in [0.05, 0.1) is 0 Å². The van der Waals surface area contributed by atoms with E-state index in [0.29, 0.717) is 5.41 Å². The van der Waals surface area contributed by atoms with E-state index in [1.807, 2.05) is 0 Å². The Hall–Kier alpha value is 0.400. The van der Waals surface area contributed by atoms with E-state index >= 15 is 0 Å². The van der Waals surface area contributed by atoms with Crippen molar-refractivity contribution in [3.8, 4) is 0 Å². The van der Waals surface area contributed by atoms with Crippen LogP contribution >= 0.6 is 15.9 Å². The average Bonchev–Trinajstić information content (AvgIpc) is 2.39. The highest BCUT2D eigenvalue weighted by Crippen LogP contribution is 2.34. The Morgan fingerprint density at radius 1 is 1.26 bits per heavy atom. The minimum Gasteiger partial charge on any atom is -0.305 e. The van der Waals surface area contributed by atoms with E-state index in [9.17, 15) is 0 Å². The summed E-state index contributed by atoms with van der Waals surface area (Å²) in [6.45, 7) is 8.41. The number of nitrogens with zero attached hydrogens (tertiary/aromatic N) is 2. The quantitative estimate of drug-likeness (QED) is 0.620. The lowest BCUT2D eigenvalue weighted by atomic mass is 9.80. The van der Waals surface area contributed by atoms with E-state index in [0.717, 1.165) is 11.4 Å². The fourth-order valence-corrected chi connectivity index (χ4v) is 4.41. The molecule has 0 amide bonds. The molecule has 1 fully saturated rings. The molecule has 1 aliphatic rings. The van der Waals surface area contributed by atoms with Crippen LogP contribution in [0, 0.1) is 5.41 Å². The summed E-state index contributed by atoms with van der Waals surface area (Å²) in [5.41, 5.74) is 0.480. The first-order chi connectivity index (χ1) is 9.06. The molecule has 2 nitrogen and oxygen atoms in total. The number of alkyl halides is 1. The van der Waals surface area contributed by atoms with Crippen molar-refractivity contribution in [3.63, 3.8) is 0 Å². The van der Waals surface area contributed by atoms with Crippen molar-refractivity contribution in [2.45, 2.75) is 58.4 Å². The molecule has 1 saturated heterocycles. The molecule has 3 heteroatoms.